The van der Waals surface area contributed by atoms with Gasteiger partial charge in [-0.2, -0.15) is 0 Å². The smallest absolute Gasteiger partial charge is 0.123 e. The van der Waals surface area contributed by atoms with E-state index in [4.69, 9.17) is 5.84 Å². The lowest BCUT2D eigenvalue weighted by Crippen LogP contribution is -2.40. The molecule has 0 aliphatic heterocycles. The van der Waals surface area contributed by atoms with E-state index in [-0.39, 0.29) is 5.82 Å². The van der Waals surface area contributed by atoms with E-state index in [1.54, 1.807) is 12.1 Å². The molecule has 0 aromatic heterocycles. The van der Waals surface area contributed by atoms with Crippen LogP contribution in [-0.4, -0.2) is 6.04 Å². The Morgan fingerprint density at radius 3 is 2.63 bits per heavy atom. The van der Waals surface area contributed by atoms with Crippen LogP contribution in [0.5, 0.6) is 0 Å². The van der Waals surface area contributed by atoms with Crippen molar-refractivity contribution >= 4 is 0 Å². The molecule has 3 heteroatoms. The fraction of sp³-hybridized carbons (Fsp3) is 0.625. The fourth-order valence-corrected chi connectivity index (χ4v) is 5.15. The molecule has 0 saturated heterocycles. The summed E-state index contributed by atoms with van der Waals surface area (Å²) in [6.45, 7) is 0. The topological polar surface area (TPSA) is 38.0 Å². The Morgan fingerprint density at radius 1 is 1.26 bits per heavy atom. The molecule has 4 rings (SSSR count). The Labute approximate surface area is 113 Å². The van der Waals surface area contributed by atoms with E-state index in [0.29, 0.717) is 6.04 Å². The first-order valence-electron chi connectivity index (χ1n) is 7.48. The lowest BCUT2D eigenvalue weighted by Gasteiger charge is -2.19. The monoisotopic (exact) mass is 260 g/mol. The molecule has 2 nitrogen and oxygen atoms in total. The van der Waals surface area contributed by atoms with Gasteiger partial charge in [-0.05, 0) is 73.0 Å². The Morgan fingerprint density at radius 2 is 2.00 bits per heavy atom. The third-order valence-corrected chi connectivity index (χ3v) is 5.82. The SMILES string of the molecule is NNC(Cc1cccc(F)c1)C1C2C3CCC(C3)C21. The molecule has 2 bridgehead atoms. The molecule has 1 aromatic rings. The van der Waals surface area contributed by atoms with Crippen molar-refractivity contribution in [2.24, 2.45) is 35.4 Å². The first kappa shape index (κ1) is 11.9. The summed E-state index contributed by atoms with van der Waals surface area (Å²) in [6.07, 6.45) is 5.17. The Bertz CT molecular complexity index is 473. The minimum Gasteiger partial charge on any atom is -0.271 e. The molecule has 3 aliphatic carbocycles. The molecule has 102 valence electrons. The maximum Gasteiger partial charge on any atom is 0.123 e. The minimum atomic E-state index is -0.149. The van der Waals surface area contributed by atoms with Crippen molar-refractivity contribution in [3.05, 3.63) is 35.6 Å². The number of halogens is 1. The van der Waals surface area contributed by atoms with Crippen LogP contribution >= 0.6 is 0 Å². The molecule has 5 unspecified atom stereocenters. The van der Waals surface area contributed by atoms with E-state index in [1.165, 1.54) is 25.3 Å². The number of rotatable bonds is 4. The van der Waals surface area contributed by atoms with E-state index >= 15 is 0 Å². The number of hydrazine groups is 1. The number of hydrogen-bond acceptors (Lipinski definition) is 2. The second-order valence-electron chi connectivity index (χ2n) is 6.67. The van der Waals surface area contributed by atoms with Crippen LogP contribution in [0.3, 0.4) is 0 Å². The van der Waals surface area contributed by atoms with Gasteiger partial charge in [0, 0.05) is 6.04 Å². The summed E-state index contributed by atoms with van der Waals surface area (Å²) >= 11 is 0. The standard InChI is InChI=1S/C16H21FN2/c17-12-3-1-2-9(6-12)7-13(19-18)16-14-10-4-5-11(8-10)15(14)16/h1-3,6,10-11,13-16,19H,4-5,7-8,18H2. The third-order valence-electron chi connectivity index (χ3n) is 5.82. The zero-order valence-corrected chi connectivity index (χ0v) is 11.1. The molecule has 5 atom stereocenters. The molecule has 3 saturated carbocycles. The second-order valence-corrected chi connectivity index (χ2v) is 6.67. The summed E-state index contributed by atoms with van der Waals surface area (Å²) in [4.78, 5) is 0. The average molecular weight is 260 g/mol. The van der Waals surface area contributed by atoms with Gasteiger partial charge in [-0.25, -0.2) is 4.39 Å². The van der Waals surface area contributed by atoms with Crippen LogP contribution in [0.2, 0.25) is 0 Å². The lowest BCUT2D eigenvalue weighted by atomic mass is 9.94. The summed E-state index contributed by atoms with van der Waals surface area (Å²) in [6, 6.07) is 7.24. The average Bonchev–Trinajstić information content (AvgIpc) is 2.83. The van der Waals surface area contributed by atoms with Crippen LogP contribution in [-0.2, 0) is 6.42 Å². The molecule has 0 radical (unpaired) electrons. The van der Waals surface area contributed by atoms with Crippen LogP contribution in [0.4, 0.5) is 4.39 Å². The normalized spacial score (nSPS) is 40.2. The first-order valence-corrected chi connectivity index (χ1v) is 7.48. The van der Waals surface area contributed by atoms with Crippen molar-refractivity contribution in [3.63, 3.8) is 0 Å². The molecule has 0 heterocycles. The Balaban J connectivity index is 1.48. The van der Waals surface area contributed by atoms with Crippen molar-refractivity contribution in [1.29, 1.82) is 0 Å². The van der Waals surface area contributed by atoms with Crippen molar-refractivity contribution in [2.75, 3.05) is 0 Å². The quantitative estimate of drug-likeness (QED) is 0.645. The van der Waals surface area contributed by atoms with Gasteiger partial charge >= 0.3 is 0 Å². The highest BCUT2D eigenvalue weighted by atomic mass is 19.1. The molecular formula is C16H21FN2. The molecule has 3 aliphatic rings. The zero-order valence-electron chi connectivity index (χ0n) is 11.1. The van der Waals surface area contributed by atoms with E-state index in [0.717, 1.165) is 41.6 Å². The molecule has 0 spiro atoms. The largest absolute Gasteiger partial charge is 0.271 e. The van der Waals surface area contributed by atoms with E-state index in [2.05, 4.69) is 5.43 Å². The highest BCUT2D eigenvalue weighted by Gasteiger charge is 2.66. The lowest BCUT2D eigenvalue weighted by molar-refractivity contribution is 0.364. The van der Waals surface area contributed by atoms with Gasteiger partial charge in [0.25, 0.3) is 0 Å². The number of nitrogens with one attached hydrogen (secondary N) is 1. The number of nitrogens with two attached hydrogens (primary N) is 1. The first-order chi connectivity index (χ1) is 9.28. The van der Waals surface area contributed by atoms with Gasteiger partial charge in [0.1, 0.15) is 5.82 Å². The second kappa shape index (κ2) is 4.29. The summed E-state index contributed by atoms with van der Waals surface area (Å²) in [5.74, 6) is 10.1. The summed E-state index contributed by atoms with van der Waals surface area (Å²) in [5.41, 5.74) is 4.06. The van der Waals surface area contributed by atoms with Gasteiger partial charge in [0.15, 0.2) is 0 Å². The fourth-order valence-electron chi connectivity index (χ4n) is 5.15. The zero-order chi connectivity index (χ0) is 13.0. The van der Waals surface area contributed by atoms with Gasteiger partial charge in [0.2, 0.25) is 0 Å². The molecular weight excluding hydrogens is 239 g/mol. The van der Waals surface area contributed by atoms with Crippen LogP contribution < -0.4 is 11.3 Å². The summed E-state index contributed by atoms with van der Waals surface area (Å²) in [7, 11) is 0. The van der Waals surface area contributed by atoms with Crippen molar-refractivity contribution in [1.82, 2.24) is 5.43 Å². The molecule has 0 amide bonds. The predicted molar refractivity (Wildman–Crippen MR) is 72.5 cm³/mol. The van der Waals surface area contributed by atoms with Gasteiger partial charge in [-0.15, -0.1) is 0 Å². The number of fused-ring (bicyclic) bond motifs is 5. The van der Waals surface area contributed by atoms with E-state index in [9.17, 15) is 4.39 Å². The molecule has 1 aromatic carbocycles. The molecule has 3 fully saturated rings. The predicted octanol–water partition coefficient (Wildman–Crippen LogP) is 2.49. The van der Waals surface area contributed by atoms with Crippen LogP contribution in [0, 0.1) is 35.4 Å². The maximum absolute atomic E-state index is 13.3. The van der Waals surface area contributed by atoms with Crippen LogP contribution in [0.25, 0.3) is 0 Å². The highest BCUT2D eigenvalue weighted by Crippen LogP contribution is 2.70. The maximum atomic E-state index is 13.3. The number of hydrogen-bond donors (Lipinski definition) is 2. The third kappa shape index (κ3) is 1.83. The van der Waals surface area contributed by atoms with Gasteiger partial charge in [-0.1, -0.05) is 12.1 Å². The summed E-state index contributed by atoms with van der Waals surface area (Å²) in [5, 5.41) is 0. The van der Waals surface area contributed by atoms with E-state index < -0.39 is 0 Å². The minimum absolute atomic E-state index is 0.149. The van der Waals surface area contributed by atoms with Crippen LogP contribution in [0.15, 0.2) is 24.3 Å². The number of benzene rings is 1. The Kier molecular flexibility index (Phi) is 2.68. The van der Waals surface area contributed by atoms with Crippen molar-refractivity contribution < 1.29 is 4.39 Å². The van der Waals surface area contributed by atoms with Gasteiger partial charge < -0.3 is 0 Å². The van der Waals surface area contributed by atoms with Gasteiger partial charge in [-0.3, -0.25) is 11.3 Å². The van der Waals surface area contributed by atoms with Crippen LogP contribution in [0.1, 0.15) is 24.8 Å². The molecule has 19 heavy (non-hydrogen) atoms. The molecule has 3 N–H and O–H groups in total. The highest BCUT2D eigenvalue weighted by molar-refractivity contribution is 5.21. The van der Waals surface area contributed by atoms with Crippen molar-refractivity contribution in [3.8, 4) is 0 Å². The van der Waals surface area contributed by atoms with Gasteiger partial charge in [0.05, 0.1) is 0 Å². The van der Waals surface area contributed by atoms with E-state index in [1.807, 2.05) is 6.07 Å². The summed E-state index contributed by atoms with van der Waals surface area (Å²) < 4.78 is 13.3. The van der Waals surface area contributed by atoms with Crippen molar-refractivity contribution in [2.45, 2.75) is 31.7 Å². The Hall–Kier alpha value is -0.930.